The molecule has 3 heterocycles. The Kier molecular flexibility index (Phi) is 6.85. The van der Waals surface area contributed by atoms with E-state index in [1.54, 1.807) is 4.57 Å². The van der Waals surface area contributed by atoms with Crippen molar-refractivity contribution >= 4 is 28.6 Å². The number of rotatable bonds is 7. The zero-order chi connectivity index (χ0) is 26.9. The van der Waals surface area contributed by atoms with Gasteiger partial charge in [-0.15, -0.1) is 0 Å². The number of carboxylic acid groups (broad SMARTS) is 1. The molecule has 0 radical (unpaired) electrons. The van der Waals surface area contributed by atoms with Crippen molar-refractivity contribution in [3.05, 3.63) is 87.3 Å². The number of carbonyl (C=O) groups is 1. The van der Waals surface area contributed by atoms with E-state index in [1.807, 2.05) is 18.2 Å². The number of aromatic carboxylic acids is 1. The quantitative estimate of drug-likeness (QED) is 0.379. The molecule has 0 bridgehead atoms. The average Bonchev–Trinajstić information content (AvgIpc) is 3.42. The van der Waals surface area contributed by atoms with E-state index in [1.165, 1.54) is 29.1 Å². The van der Waals surface area contributed by atoms with E-state index in [9.17, 15) is 14.7 Å². The van der Waals surface area contributed by atoms with Gasteiger partial charge in [0.25, 0.3) is 0 Å². The molecule has 2 N–H and O–H groups in total. The molecule has 200 valence electrons. The van der Waals surface area contributed by atoms with E-state index < -0.39 is 11.4 Å². The molecule has 0 amide bonds. The summed E-state index contributed by atoms with van der Waals surface area (Å²) in [7, 11) is 2.17. The van der Waals surface area contributed by atoms with Gasteiger partial charge in [-0.3, -0.25) is 4.79 Å². The Hall–Kier alpha value is -4.08. The minimum Gasteiger partial charge on any atom is -0.477 e. The van der Waals surface area contributed by atoms with Crippen molar-refractivity contribution in [1.29, 1.82) is 0 Å². The van der Waals surface area contributed by atoms with Crippen molar-refractivity contribution in [3.8, 4) is 5.69 Å². The number of benzene rings is 2. The predicted octanol–water partition coefficient (Wildman–Crippen LogP) is 3.50. The number of carboxylic acids is 1. The molecular formula is C30H32N6O3. The van der Waals surface area contributed by atoms with Crippen LogP contribution in [-0.2, 0) is 19.3 Å². The number of piperazine rings is 1. The smallest absolute Gasteiger partial charge is 0.341 e. The maximum absolute atomic E-state index is 12.9. The maximum Gasteiger partial charge on any atom is 0.341 e. The zero-order valence-corrected chi connectivity index (χ0v) is 22.1. The van der Waals surface area contributed by atoms with Crippen LogP contribution in [0, 0.1) is 0 Å². The van der Waals surface area contributed by atoms with Crippen LogP contribution in [0.15, 0.2) is 59.7 Å². The summed E-state index contributed by atoms with van der Waals surface area (Å²) in [6.07, 6.45) is 6.92. The normalized spacial score (nSPS) is 15.9. The van der Waals surface area contributed by atoms with Gasteiger partial charge in [-0.1, -0.05) is 18.2 Å². The second kappa shape index (κ2) is 10.6. The van der Waals surface area contributed by atoms with E-state index in [0.717, 1.165) is 69.8 Å². The van der Waals surface area contributed by atoms with E-state index in [-0.39, 0.29) is 10.9 Å². The Bertz CT molecular complexity index is 1590. The molecule has 1 fully saturated rings. The molecular weight excluding hydrogens is 492 g/mol. The predicted molar refractivity (Wildman–Crippen MR) is 151 cm³/mol. The molecule has 2 aliphatic rings. The number of anilines is 2. The standard InChI is InChI=1S/C30H32N6O3/c1-34-13-15-35(16-14-34)12-11-20-5-8-23(9-6-20)32-30-31-18-25-27(37)26(29(38)39)19-36(28(25)33-30)24-10-7-21-3-2-4-22(21)17-24/h5-10,17-19H,2-4,11-16H2,1H3,(H,38,39)(H,31,32,33). The molecule has 9 nitrogen and oxygen atoms in total. The summed E-state index contributed by atoms with van der Waals surface area (Å²) in [5, 5.41) is 13.1. The summed E-state index contributed by atoms with van der Waals surface area (Å²) in [6.45, 7) is 5.51. The first-order valence-electron chi connectivity index (χ1n) is 13.5. The number of likely N-dealkylation sites (N-methyl/N-ethyl adjacent to an activating group) is 1. The number of aryl methyl sites for hydroxylation is 2. The highest BCUT2D eigenvalue weighted by Gasteiger charge is 2.19. The molecule has 9 heteroatoms. The fourth-order valence-corrected chi connectivity index (χ4v) is 5.47. The first kappa shape index (κ1) is 25.2. The average molecular weight is 525 g/mol. The molecule has 0 unspecified atom stereocenters. The van der Waals surface area contributed by atoms with Crippen LogP contribution in [0.1, 0.15) is 33.5 Å². The van der Waals surface area contributed by atoms with Crippen LogP contribution in [0.2, 0.25) is 0 Å². The lowest BCUT2D eigenvalue weighted by Crippen LogP contribution is -2.45. The van der Waals surface area contributed by atoms with Crippen molar-refractivity contribution in [2.75, 3.05) is 45.1 Å². The van der Waals surface area contributed by atoms with Gasteiger partial charge >= 0.3 is 5.97 Å². The number of hydrogen-bond donors (Lipinski definition) is 2. The Balaban J connectivity index is 1.26. The van der Waals surface area contributed by atoms with Gasteiger partial charge in [-0.05, 0) is 73.7 Å². The second-order valence-electron chi connectivity index (χ2n) is 10.5. The molecule has 1 aliphatic carbocycles. The summed E-state index contributed by atoms with van der Waals surface area (Å²) >= 11 is 0. The van der Waals surface area contributed by atoms with E-state index in [2.05, 4.69) is 56.4 Å². The summed E-state index contributed by atoms with van der Waals surface area (Å²) in [5.41, 5.74) is 4.91. The monoisotopic (exact) mass is 524 g/mol. The van der Waals surface area contributed by atoms with Crippen molar-refractivity contribution in [1.82, 2.24) is 24.3 Å². The fourth-order valence-electron chi connectivity index (χ4n) is 5.47. The van der Waals surface area contributed by atoms with Crippen LogP contribution in [0.3, 0.4) is 0 Å². The van der Waals surface area contributed by atoms with Crippen molar-refractivity contribution in [2.45, 2.75) is 25.7 Å². The third-order valence-electron chi connectivity index (χ3n) is 7.86. The Morgan fingerprint density at radius 1 is 1.03 bits per heavy atom. The molecule has 2 aromatic carbocycles. The molecule has 1 saturated heterocycles. The van der Waals surface area contributed by atoms with Gasteiger partial charge in [0, 0.05) is 56.5 Å². The van der Waals surface area contributed by atoms with Crippen LogP contribution >= 0.6 is 0 Å². The number of hydrogen-bond acceptors (Lipinski definition) is 7. The lowest BCUT2D eigenvalue weighted by atomic mass is 10.1. The highest BCUT2D eigenvalue weighted by molar-refractivity contribution is 5.92. The molecule has 4 aromatic rings. The van der Waals surface area contributed by atoms with Crippen molar-refractivity contribution in [3.63, 3.8) is 0 Å². The van der Waals surface area contributed by atoms with Crippen molar-refractivity contribution < 1.29 is 9.90 Å². The third kappa shape index (κ3) is 5.28. The van der Waals surface area contributed by atoms with Gasteiger partial charge in [0.2, 0.25) is 11.4 Å². The molecule has 2 aromatic heterocycles. The van der Waals surface area contributed by atoms with Crippen LogP contribution in [0.5, 0.6) is 0 Å². The van der Waals surface area contributed by atoms with Crippen LogP contribution in [0.4, 0.5) is 11.6 Å². The highest BCUT2D eigenvalue weighted by Crippen LogP contribution is 2.26. The molecule has 39 heavy (non-hydrogen) atoms. The van der Waals surface area contributed by atoms with Crippen molar-refractivity contribution in [2.24, 2.45) is 0 Å². The minimum absolute atomic E-state index is 0.167. The lowest BCUT2D eigenvalue weighted by molar-refractivity contribution is 0.0695. The number of fused-ring (bicyclic) bond motifs is 2. The van der Waals surface area contributed by atoms with Crippen LogP contribution in [-0.4, -0.2) is 75.2 Å². The van der Waals surface area contributed by atoms with Gasteiger partial charge in [0.1, 0.15) is 5.56 Å². The summed E-state index contributed by atoms with van der Waals surface area (Å²) < 4.78 is 1.69. The Morgan fingerprint density at radius 3 is 2.56 bits per heavy atom. The van der Waals surface area contributed by atoms with Crippen LogP contribution < -0.4 is 10.7 Å². The highest BCUT2D eigenvalue weighted by atomic mass is 16.4. The molecule has 0 spiro atoms. The maximum atomic E-state index is 12.9. The second-order valence-corrected chi connectivity index (χ2v) is 10.5. The van der Waals surface area contributed by atoms with Crippen LogP contribution in [0.25, 0.3) is 16.7 Å². The number of nitrogens with one attached hydrogen (secondary N) is 1. The van der Waals surface area contributed by atoms with E-state index in [0.29, 0.717) is 11.6 Å². The number of pyridine rings is 1. The Morgan fingerprint density at radius 2 is 1.79 bits per heavy atom. The molecule has 0 saturated carbocycles. The first-order valence-corrected chi connectivity index (χ1v) is 13.5. The topological polar surface area (TPSA) is 104 Å². The SMILES string of the molecule is CN1CCN(CCc2ccc(Nc3ncc4c(=O)c(C(=O)O)cn(-c5ccc6c(c5)CCC6)c4n3)cc2)CC1. The van der Waals surface area contributed by atoms with E-state index in [4.69, 9.17) is 0 Å². The number of nitrogens with zero attached hydrogens (tertiary/aromatic N) is 5. The van der Waals surface area contributed by atoms with E-state index >= 15 is 0 Å². The van der Waals surface area contributed by atoms with Gasteiger partial charge in [-0.25, -0.2) is 9.78 Å². The molecule has 6 rings (SSSR count). The largest absolute Gasteiger partial charge is 0.477 e. The summed E-state index contributed by atoms with van der Waals surface area (Å²) in [6, 6.07) is 14.3. The lowest BCUT2D eigenvalue weighted by Gasteiger charge is -2.32. The van der Waals surface area contributed by atoms with Gasteiger partial charge in [0.15, 0.2) is 5.65 Å². The van der Waals surface area contributed by atoms with Gasteiger partial charge in [0.05, 0.1) is 5.39 Å². The molecule has 1 aliphatic heterocycles. The van der Waals surface area contributed by atoms with Gasteiger partial charge < -0.3 is 24.8 Å². The Labute approximate surface area is 226 Å². The third-order valence-corrected chi connectivity index (χ3v) is 7.86. The zero-order valence-electron chi connectivity index (χ0n) is 22.1. The minimum atomic E-state index is -1.27. The fraction of sp³-hybridized carbons (Fsp3) is 0.333. The van der Waals surface area contributed by atoms with Gasteiger partial charge in [-0.2, -0.15) is 4.98 Å². The molecule has 0 atom stereocenters. The first-order chi connectivity index (χ1) is 18.9. The number of aromatic nitrogens is 3. The summed E-state index contributed by atoms with van der Waals surface area (Å²) in [5.74, 6) is -0.934. The summed E-state index contributed by atoms with van der Waals surface area (Å²) in [4.78, 5) is 38.7.